The number of ether oxygens (including phenoxy) is 2. The number of allylic oxidation sites excluding steroid dienone is 14. The largest absolute Gasteiger partial charge is 0.472 e. The smallest absolute Gasteiger partial charge is 0.462 e. The van der Waals surface area contributed by atoms with Gasteiger partial charge in [-0.05, 0) is 77.0 Å². The first-order chi connectivity index (χ1) is 28.0. The van der Waals surface area contributed by atoms with E-state index in [1.54, 1.807) is 0 Å². The fourth-order valence-corrected chi connectivity index (χ4v) is 6.19. The molecule has 0 heterocycles. The maximum atomic E-state index is 12.7. The van der Waals surface area contributed by atoms with Crippen molar-refractivity contribution in [3.8, 4) is 0 Å². The fraction of sp³-hybridized carbons (Fsp3) is 0.667. The van der Waals surface area contributed by atoms with Crippen LogP contribution in [-0.2, 0) is 32.7 Å². The minimum Gasteiger partial charge on any atom is -0.462 e. The van der Waals surface area contributed by atoms with Crippen molar-refractivity contribution in [2.45, 2.75) is 161 Å². The number of quaternary nitrogens is 1. The zero-order valence-corrected chi connectivity index (χ0v) is 38.1. The molecule has 0 aliphatic heterocycles. The van der Waals surface area contributed by atoms with Gasteiger partial charge in [0, 0.05) is 12.8 Å². The van der Waals surface area contributed by atoms with Gasteiger partial charge in [-0.2, -0.15) is 0 Å². The summed E-state index contributed by atoms with van der Waals surface area (Å²) in [5.74, 6) is -0.914. The quantitative estimate of drug-likeness (QED) is 0.0214. The minimum absolute atomic E-state index is 0.0147. The van der Waals surface area contributed by atoms with Crippen LogP contribution in [0.3, 0.4) is 0 Å². The zero-order chi connectivity index (χ0) is 42.8. The molecule has 0 amide bonds. The number of phosphoric ester groups is 1. The number of hydrogen-bond donors (Lipinski definition) is 1. The Bertz CT molecular complexity index is 1260. The second-order valence-electron chi connectivity index (χ2n) is 15.7. The van der Waals surface area contributed by atoms with Gasteiger partial charge >= 0.3 is 19.8 Å². The number of hydrogen-bond acceptors (Lipinski definition) is 7. The van der Waals surface area contributed by atoms with Gasteiger partial charge in [0.1, 0.15) is 19.8 Å². The summed E-state index contributed by atoms with van der Waals surface area (Å²) in [6.07, 6.45) is 50.7. The van der Waals surface area contributed by atoms with Crippen LogP contribution >= 0.6 is 7.82 Å². The van der Waals surface area contributed by atoms with Crippen LogP contribution < -0.4 is 0 Å². The molecule has 2 atom stereocenters. The number of esters is 2. The number of likely N-dealkylation sites (N-methyl/N-ethyl adjacent to an activating group) is 1. The Morgan fingerprint density at radius 1 is 0.552 bits per heavy atom. The summed E-state index contributed by atoms with van der Waals surface area (Å²) in [7, 11) is 1.42. The summed E-state index contributed by atoms with van der Waals surface area (Å²) in [6, 6.07) is 0. The number of carbonyl (C=O) groups is 2. The van der Waals surface area contributed by atoms with E-state index in [-0.39, 0.29) is 26.1 Å². The molecule has 0 spiro atoms. The van der Waals surface area contributed by atoms with E-state index in [1.165, 1.54) is 44.9 Å². The van der Waals surface area contributed by atoms with Crippen LogP contribution in [-0.4, -0.2) is 74.9 Å². The summed E-state index contributed by atoms with van der Waals surface area (Å²) in [5.41, 5.74) is 0. The molecule has 0 saturated heterocycles. The van der Waals surface area contributed by atoms with Crippen molar-refractivity contribution < 1.29 is 42.1 Å². The highest BCUT2D eigenvalue weighted by molar-refractivity contribution is 7.47. The Balaban J connectivity index is 4.50. The van der Waals surface area contributed by atoms with Crippen molar-refractivity contribution in [2.24, 2.45) is 0 Å². The van der Waals surface area contributed by atoms with Gasteiger partial charge in [0.2, 0.25) is 0 Å². The van der Waals surface area contributed by atoms with E-state index in [0.29, 0.717) is 23.9 Å². The summed E-state index contributed by atoms with van der Waals surface area (Å²) < 4.78 is 34.2. The van der Waals surface area contributed by atoms with Gasteiger partial charge in [0.25, 0.3) is 0 Å². The molecule has 10 heteroatoms. The number of carbonyl (C=O) groups excluding carboxylic acids is 2. The standard InChI is InChI=1S/C48H82NO8P/c1-6-8-10-12-14-16-18-20-22-23-24-25-27-28-30-32-34-36-38-40-47(50)54-44-46(45-56-58(52,53)55-43-42-49(3,4)5)57-48(51)41-39-37-35-33-31-29-26-21-19-17-15-13-11-9-7-2/h8,10,14,16,20-22,24-26,28,30,34,36,46H,6-7,9,11-13,15,17-19,23,27,29,31-33,35,37-45H2,1-5H3/p+1/b10-8+,16-14+,22-20+,25-24+,26-21+,30-28+,36-34+/t46-/m1/s1. The van der Waals surface area contributed by atoms with E-state index < -0.39 is 32.5 Å². The Labute approximate surface area is 354 Å². The highest BCUT2D eigenvalue weighted by Gasteiger charge is 2.27. The van der Waals surface area contributed by atoms with E-state index in [9.17, 15) is 19.0 Å². The highest BCUT2D eigenvalue weighted by atomic mass is 31.2. The Kier molecular flexibility index (Phi) is 37.7. The van der Waals surface area contributed by atoms with Gasteiger partial charge < -0.3 is 18.9 Å². The molecule has 332 valence electrons. The summed E-state index contributed by atoms with van der Waals surface area (Å²) in [5, 5.41) is 0. The van der Waals surface area contributed by atoms with Crippen molar-refractivity contribution >= 4 is 19.8 Å². The average molecular weight is 833 g/mol. The molecule has 0 saturated carbocycles. The minimum atomic E-state index is -4.40. The monoisotopic (exact) mass is 833 g/mol. The number of phosphoric acid groups is 1. The normalized spacial score (nSPS) is 14.4. The van der Waals surface area contributed by atoms with E-state index in [1.807, 2.05) is 33.3 Å². The summed E-state index contributed by atoms with van der Waals surface area (Å²) in [4.78, 5) is 35.3. The Hall–Kier alpha value is -2.81. The van der Waals surface area contributed by atoms with E-state index in [0.717, 1.165) is 70.6 Å². The van der Waals surface area contributed by atoms with Gasteiger partial charge in [-0.25, -0.2) is 4.57 Å². The molecule has 9 nitrogen and oxygen atoms in total. The van der Waals surface area contributed by atoms with E-state index in [2.05, 4.69) is 86.8 Å². The van der Waals surface area contributed by atoms with Crippen molar-refractivity contribution in [1.29, 1.82) is 0 Å². The van der Waals surface area contributed by atoms with Crippen LogP contribution in [0.15, 0.2) is 85.1 Å². The molecule has 1 unspecified atom stereocenters. The van der Waals surface area contributed by atoms with Crippen LogP contribution in [0, 0.1) is 0 Å². The van der Waals surface area contributed by atoms with Gasteiger partial charge in [-0.3, -0.25) is 18.6 Å². The predicted molar refractivity (Wildman–Crippen MR) is 242 cm³/mol. The maximum Gasteiger partial charge on any atom is 0.472 e. The highest BCUT2D eigenvalue weighted by Crippen LogP contribution is 2.43. The zero-order valence-electron chi connectivity index (χ0n) is 37.2. The van der Waals surface area contributed by atoms with Crippen molar-refractivity contribution in [1.82, 2.24) is 0 Å². The lowest BCUT2D eigenvalue weighted by molar-refractivity contribution is -0.870. The second-order valence-corrected chi connectivity index (χ2v) is 17.1. The SMILES string of the molecule is CC/C=C/C/C=C/C/C=C/C/C=C/C/C=C/C/C=C/CCC(=O)OC[C@H](COP(=O)(O)OCC[N+](C)(C)C)OC(=O)CCCCCCC/C=C/CCCCCCCC. The first-order valence-corrected chi connectivity index (χ1v) is 23.8. The predicted octanol–water partition coefficient (Wildman–Crippen LogP) is 12.8. The van der Waals surface area contributed by atoms with Crippen LogP contribution in [0.25, 0.3) is 0 Å². The molecule has 0 aromatic heterocycles. The second kappa shape index (κ2) is 39.6. The molecule has 0 aliphatic rings. The summed E-state index contributed by atoms with van der Waals surface area (Å²) in [6.45, 7) is 4.19. The Morgan fingerprint density at radius 3 is 1.53 bits per heavy atom. The topological polar surface area (TPSA) is 108 Å². The Morgan fingerprint density at radius 2 is 1.02 bits per heavy atom. The first-order valence-electron chi connectivity index (χ1n) is 22.3. The number of rotatable bonds is 39. The number of nitrogens with zero attached hydrogens (tertiary/aromatic N) is 1. The molecule has 0 aromatic rings. The van der Waals surface area contributed by atoms with Gasteiger partial charge in [0.05, 0.1) is 27.7 Å². The van der Waals surface area contributed by atoms with Crippen LogP contribution in [0.1, 0.15) is 155 Å². The third-order valence-corrected chi connectivity index (χ3v) is 9.91. The van der Waals surface area contributed by atoms with Crippen LogP contribution in [0.5, 0.6) is 0 Å². The lowest BCUT2D eigenvalue weighted by Gasteiger charge is -2.24. The molecular formula is C48H83NO8P+. The average Bonchev–Trinajstić information content (AvgIpc) is 3.17. The molecule has 58 heavy (non-hydrogen) atoms. The fourth-order valence-electron chi connectivity index (χ4n) is 5.44. The molecule has 1 N–H and O–H groups in total. The summed E-state index contributed by atoms with van der Waals surface area (Å²) >= 11 is 0. The first kappa shape index (κ1) is 55.2. The van der Waals surface area contributed by atoms with Gasteiger partial charge in [-0.15, -0.1) is 0 Å². The molecule has 0 radical (unpaired) electrons. The molecule has 0 fully saturated rings. The third-order valence-electron chi connectivity index (χ3n) is 8.92. The van der Waals surface area contributed by atoms with Crippen molar-refractivity contribution in [3.63, 3.8) is 0 Å². The molecule has 0 aromatic carbocycles. The van der Waals surface area contributed by atoms with Crippen LogP contribution in [0.4, 0.5) is 0 Å². The molecule has 0 aliphatic carbocycles. The molecular weight excluding hydrogens is 750 g/mol. The van der Waals surface area contributed by atoms with Gasteiger partial charge in [0.15, 0.2) is 6.10 Å². The van der Waals surface area contributed by atoms with E-state index in [4.69, 9.17) is 18.5 Å². The lowest BCUT2D eigenvalue weighted by Crippen LogP contribution is -2.37. The third kappa shape index (κ3) is 42.8. The van der Waals surface area contributed by atoms with Crippen LogP contribution in [0.2, 0.25) is 0 Å². The number of unbranched alkanes of at least 4 members (excludes halogenated alkanes) is 11. The van der Waals surface area contributed by atoms with Crippen molar-refractivity contribution in [2.75, 3.05) is 47.5 Å². The lowest BCUT2D eigenvalue weighted by atomic mass is 10.1. The van der Waals surface area contributed by atoms with Gasteiger partial charge in [-0.1, -0.05) is 150 Å². The van der Waals surface area contributed by atoms with E-state index >= 15 is 0 Å². The van der Waals surface area contributed by atoms with Crippen molar-refractivity contribution in [3.05, 3.63) is 85.1 Å². The molecule has 0 bridgehead atoms. The maximum absolute atomic E-state index is 12.7. The molecule has 0 rings (SSSR count).